The number of hydrogen-bond donors (Lipinski definition) is 3. The fourth-order valence-corrected chi connectivity index (χ4v) is 4.47. The standard InChI is InChI=1S/C22H17ClN2O2S2/c23-16-9-7-15(8-10-16)21-17(12-19(26)27)20(24-22(28)25-21)14-5-3-13(4-6-14)18-2-1-11-29-18/h1-11,20H,12H2,(H,26,27)(H2,24,25,28). The maximum Gasteiger partial charge on any atom is 0.307 e. The molecule has 0 amide bonds. The minimum Gasteiger partial charge on any atom is -0.481 e. The number of aliphatic carboxylic acids is 1. The van der Waals surface area contributed by atoms with E-state index >= 15 is 0 Å². The van der Waals surface area contributed by atoms with Gasteiger partial charge in [0.05, 0.1) is 12.5 Å². The van der Waals surface area contributed by atoms with Gasteiger partial charge in [0, 0.05) is 15.6 Å². The average Bonchev–Trinajstić information content (AvgIpc) is 3.24. The smallest absolute Gasteiger partial charge is 0.307 e. The van der Waals surface area contributed by atoms with Gasteiger partial charge in [0.2, 0.25) is 0 Å². The zero-order valence-electron chi connectivity index (χ0n) is 15.2. The Morgan fingerprint density at radius 2 is 1.76 bits per heavy atom. The van der Waals surface area contributed by atoms with E-state index in [-0.39, 0.29) is 12.5 Å². The van der Waals surface area contributed by atoms with Crippen LogP contribution in [0.15, 0.2) is 71.6 Å². The molecule has 0 fully saturated rings. The van der Waals surface area contributed by atoms with Crippen molar-refractivity contribution < 1.29 is 9.90 Å². The molecule has 29 heavy (non-hydrogen) atoms. The van der Waals surface area contributed by atoms with Gasteiger partial charge in [0.15, 0.2) is 5.11 Å². The lowest BCUT2D eigenvalue weighted by Gasteiger charge is -2.32. The van der Waals surface area contributed by atoms with Crippen LogP contribution in [-0.2, 0) is 4.79 Å². The van der Waals surface area contributed by atoms with Gasteiger partial charge in [-0.25, -0.2) is 0 Å². The number of carbonyl (C=O) groups is 1. The van der Waals surface area contributed by atoms with E-state index in [9.17, 15) is 9.90 Å². The van der Waals surface area contributed by atoms with Crippen LogP contribution in [0.2, 0.25) is 5.02 Å². The summed E-state index contributed by atoms with van der Waals surface area (Å²) in [6.07, 6.45) is -0.113. The fraction of sp³-hybridized carbons (Fsp3) is 0.0909. The minimum absolute atomic E-state index is 0.113. The van der Waals surface area contributed by atoms with Crippen LogP contribution >= 0.6 is 35.2 Å². The van der Waals surface area contributed by atoms with E-state index in [0.29, 0.717) is 15.8 Å². The lowest BCUT2D eigenvalue weighted by molar-refractivity contribution is -0.136. The first kappa shape index (κ1) is 19.6. The summed E-state index contributed by atoms with van der Waals surface area (Å²) in [5, 5.41) is 19.0. The number of halogens is 1. The van der Waals surface area contributed by atoms with Gasteiger partial charge in [0.1, 0.15) is 0 Å². The van der Waals surface area contributed by atoms with Crippen LogP contribution in [0.4, 0.5) is 0 Å². The maximum absolute atomic E-state index is 11.6. The Morgan fingerprint density at radius 1 is 1.07 bits per heavy atom. The van der Waals surface area contributed by atoms with Crippen molar-refractivity contribution in [3.8, 4) is 10.4 Å². The highest BCUT2D eigenvalue weighted by Crippen LogP contribution is 2.35. The third kappa shape index (κ3) is 4.34. The summed E-state index contributed by atoms with van der Waals surface area (Å²) < 4.78 is 0. The number of rotatable bonds is 5. The Labute approximate surface area is 182 Å². The quantitative estimate of drug-likeness (QED) is 0.459. The summed E-state index contributed by atoms with van der Waals surface area (Å²) in [6, 6.07) is 19.2. The topological polar surface area (TPSA) is 61.4 Å². The average molecular weight is 441 g/mol. The molecule has 3 aromatic rings. The highest BCUT2D eigenvalue weighted by atomic mass is 35.5. The van der Waals surface area contributed by atoms with Gasteiger partial charge in [-0.05, 0) is 58.1 Å². The summed E-state index contributed by atoms with van der Waals surface area (Å²) in [4.78, 5) is 12.8. The Kier molecular flexibility index (Phi) is 5.67. The van der Waals surface area contributed by atoms with Gasteiger partial charge >= 0.3 is 5.97 Å². The molecule has 1 unspecified atom stereocenters. The molecule has 1 aromatic heterocycles. The minimum atomic E-state index is -0.900. The molecule has 0 saturated carbocycles. The predicted octanol–water partition coefficient (Wildman–Crippen LogP) is 5.47. The van der Waals surface area contributed by atoms with Crippen molar-refractivity contribution in [3.05, 3.63) is 87.8 Å². The van der Waals surface area contributed by atoms with E-state index in [2.05, 4.69) is 16.7 Å². The first-order valence-corrected chi connectivity index (χ1v) is 10.6. The van der Waals surface area contributed by atoms with E-state index in [1.54, 1.807) is 23.5 Å². The molecule has 2 aromatic carbocycles. The molecular weight excluding hydrogens is 424 g/mol. The zero-order valence-corrected chi connectivity index (χ0v) is 17.6. The Hall–Kier alpha value is -2.67. The zero-order chi connectivity index (χ0) is 20.4. The molecule has 0 bridgehead atoms. The van der Waals surface area contributed by atoms with Crippen LogP contribution in [0.1, 0.15) is 23.6 Å². The molecule has 3 N–H and O–H groups in total. The molecule has 1 aliphatic rings. The maximum atomic E-state index is 11.6. The molecule has 146 valence electrons. The Balaban J connectivity index is 1.77. The predicted molar refractivity (Wildman–Crippen MR) is 122 cm³/mol. The second-order valence-corrected chi connectivity index (χ2v) is 8.40. The molecular formula is C22H17ClN2O2S2. The molecule has 0 spiro atoms. The van der Waals surface area contributed by atoms with Crippen molar-refractivity contribution in [2.24, 2.45) is 0 Å². The molecule has 7 heteroatoms. The molecule has 1 aliphatic heterocycles. The first-order valence-electron chi connectivity index (χ1n) is 8.93. The molecule has 0 radical (unpaired) electrons. The van der Waals surface area contributed by atoms with Crippen LogP contribution in [0.3, 0.4) is 0 Å². The molecule has 4 nitrogen and oxygen atoms in total. The van der Waals surface area contributed by atoms with Crippen molar-refractivity contribution in [3.63, 3.8) is 0 Å². The second kappa shape index (κ2) is 8.37. The van der Waals surface area contributed by atoms with Crippen LogP contribution in [-0.4, -0.2) is 16.2 Å². The van der Waals surface area contributed by atoms with Gasteiger partial charge in [0.25, 0.3) is 0 Å². The summed E-state index contributed by atoms with van der Waals surface area (Å²) in [5.41, 5.74) is 4.35. The highest BCUT2D eigenvalue weighted by molar-refractivity contribution is 7.80. The highest BCUT2D eigenvalue weighted by Gasteiger charge is 2.28. The van der Waals surface area contributed by atoms with E-state index in [0.717, 1.165) is 22.3 Å². The number of hydrogen-bond acceptors (Lipinski definition) is 3. The summed E-state index contributed by atoms with van der Waals surface area (Å²) in [5.74, 6) is -0.900. The van der Waals surface area contributed by atoms with Gasteiger partial charge in [-0.15, -0.1) is 11.3 Å². The largest absolute Gasteiger partial charge is 0.481 e. The van der Waals surface area contributed by atoms with E-state index in [4.69, 9.17) is 23.8 Å². The fourth-order valence-electron chi connectivity index (χ4n) is 3.39. The number of carboxylic acid groups (broad SMARTS) is 1. The van der Waals surface area contributed by atoms with Crippen molar-refractivity contribution in [1.29, 1.82) is 0 Å². The number of thiophene rings is 1. The Morgan fingerprint density at radius 3 is 2.38 bits per heavy atom. The third-order valence-corrected chi connectivity index (χ3v) is 6.10. The van der Waals surface area contributed by atoms with Gasteiger partial charge < -0.3 is 15.7 Å². The Bertz CT molecular complexity index is 1080. The first-order chi connectivity index (χ1) is 14.0. The second-order valence-electron chi connectivity index (χ2n) is 6.61. The van der Waals surface area contributed by atoms with E-state index < -0.39 is 5.97 Å². The number of carboxylic acids is 1. The molecule has 2 heterocycles. The summed E-state index contributed by atoms with van der Waals surface area (Å²) >= 11 is 13.1. The van der Waals surface area contributed by atoms with Crippen LogP contribution in [0.25, 0.3) is 16.1 Å². The van der Waals surface area contributed by atoms with Crippen molar-refractivity contribution in [2.45, 2.75) is 12.5 Å². The van der Waals surface area contributed by atoms with Gasteiger partial charge in [-0.1, -0.05) is 54.1 Å². The van der Waals surface area contributed by atoms with Crippen LogP contribution in [0.5, 0.6) is 0 Å². The van der Waals surface area contributed by atoms with Crippen molar-refractivity contribution in [1.82, 2.24) is 10.6 Å². The normalized spacial score (nSPS) is 16.3. The van der Waals surface area contributed by atoms with Gasteiger partial charge in [-0.2, -0.15) is 0 Å². The molecule has 1 atom stereocenters. The van der Waals surface area contributed by atoms with E-state index in [1.807, 2.05) is 47.8 Å². The van der Waals surface area contributed by atoms with Crippen molar-refractivity contribution >= 4 is 51.9 Å². The number of thiocarbonyl (C=S) groups is 1. The summed E-state index contributed by atoms with van der Waals surface area (Å²) in [7, 11) is 0. The molecule has 0 saturated heterocycles. The number of nitrogens with one attached hydrogen (secondary N) is 2. The van der Waals surface area contributed by atoms with Crippen LogP contribution < -0.4 is 10.6 Å². The van der Waals surface area contributed by atoms with Crippen LogP contribution in [0, 0.1) is 0 Å². The molecule has 4 rings (SSSR count). The third-order valence-electron chi connectivity index (χ3n) is 4.71. The van der Waals surface area contributed by atoms with E-state index in [1.165, 1.54) is 4.88 Å². The SMILES string of the molecule is O=C(O)CC1=C(c2ccc(Cl)cc2)NC(=S)NC1c1ccc(-c2cccs2)cc1. The lowest BCUT2D eigenvalue weighted by atomic mass is 9.90. The number of benzene rings is 2. The monoisotopic (exact) mass is 440 g/mol. The van der Waals surface area contributed by atoms with Gasteiger partial charge in [-0.3, -0.25) is 4.79 Å². The van der Waals surface area contributed by atoms with Crippen molar-refractivity contribution in [2.75, 3.05) is 0 Å². The lowest BCUT2D eigenvalue weighted by Crippen LogP contribution is -2.43. The summed E-state index contributed by atoms with van der Waals surface area (Å²) in [6.45, 7) is 0. The molecule has 0 aliphatic carbocycles.